The second kappa shape index (κ2) is 11.7. The molecule has 0 aliphatic carbocycles. The second-order valence-corrected chi connectivity index (χ2v) is 7.32. The number of carbonyl (C=O) groups excluding carboxylic acids is 2. The van der Waals surface area contributed by atoms with Gasteiger partial charge in [-0.1, -0.05) is 6.07 Å². The summed E-state index contributed by atoms with van der Waals surface area (Å²) in [5.74, 6) is 1.38. The molecule has 0 aliphatic heterocycles. The number of anilines is 2. The highest BCUT2D eigenvalue weighted by Crippen LogP contribution is 2.39. The minimum atomic E-state index is -0.401. The number of hydrogen-bond donors (Lipinski definition) is 2. The van der Waals surface area contributed by atoms with E-state index >= 15 is 0 Å². The number of rotatable bonds is 10. The molecule has 36 heavy (non-hydrogen) atoms. The Hall–Kier alpha value is -4.60. The molecule has 3 rings (SSSR count). The normalized spacial score (nSPS) is 10.2. The first-order valence-corrected chi connectivity index (χ1v) is 10.7. The van der Waals surface area contributed by atoms with E-state index in [0.717, 1.165) is 0 Å². The van der Waals surface area contributed by atoms with E-state index in [0.29, 0.717) is 57.0 Å². The zero-order chi connectivity index (χ0) is 26.2. The van der Waals surface area contributed by atoms with Crippen LogP contribution in [0.5, 0.6) is 34.5 Å². The quantitative estimate of drug-likeness (QED) is 0.429. The largest absolute Gasteiger partial charge is 0.493 e. The highest BCUT2D eigenvalue weighted by Gasteiger charge is 2.19. The molecule has 2 amide bonds. The van der Waals surface area contributed by atoms with Gasteiger partial charge >= 0.3 is 0 Å². The van der Waals surface area contributed by atoms with Crippen molar-refractivity contribution in [1.29, 1.82) is 0 Å². The van der Waals surface area contributed by atoms with Gasteiger partial charge in [0.2, 0.25) is 11.5 Å². The molecule has 0 unspecified atom stereocenters. The first kappa shape index (κ1) is 26.0. The van der Waals surface area contributed by atoms with Crippen molar-refractivity contribution in [3.63, 3.8) is 0 Å². The van der Waals surface area contributed by atoms with E-state index in [-0.39, 0.29) is 0 Å². The lowest BCUT2D eigenvalue weighted by molar-refractivity contribution is 0.101. The molecule has 0 aromatic heterocycles. The highest BCUT2D eigenvalue weighted by molar-refractivity contribution is 6.07. The fourth-order valence-corrected chi connectivity index (χ4v) is 3.51. The van der Waals surface area contributed by atoms with Crippen molar-refractivity contribution >= 4 is 23.2 Å². The second-order valence-electron chi connectivity index (χ2n) is 7.32. The maximum atomic E-state index is 12.9. The number of methoxy groups -OCH3 is 6. The molecule has 3 aromatic carbocycles. The van der Waals surface area contributed by atoms with Crippen LogP contribution in [0, 0.1) is 0 Å². The minimum absolute atomic E-state index is 0.302. The summed E-state index contributed by atoms with van der Waals surface area (Å²) in [6.07, 6.45) is 0. The topological polar surface area (TPSA) is 114 Å². The molecule has 10 heteroatoms. The third kappa shape index (κ3) is 5.54. The first-order chi connectivity index (χ1) is 17.4. The van der Waals surface area contributed by atoms with E-state index in [4.69, 9.17) is 28.4 Å². The van der Waals surface area contributed by atoms with Crippen molar-refractivity contribution in [1.82, 2.24) is 0 Å². The molecule has 0 spiro atoms. The summed E-state index contributed by atoms with van der Waals surface area (Å²) in [6, 6.07) is 12.9. The summed E-state index contributed by atoms with van der Waals surface area (Å²) < 4.78 is 31.9. The molecule has 0 radical (unpaired) electrons. The van der Waals surface area contributed by atoms with Gasteiger partial charge in [0.15, 0.2) is 23.0 Å². The fraction of sp³-hybridized carbons (Fsp3) is 0.231. The maximum absolute atomic E-state index is 12.9. The smallest absolute Gasteiger partial charge is 0.255 e. The van der Waals surface area contributed by atoms with E-state index in [9.17, 15) is 9.59 Å². The van der Waals surface area contributed by atoms with Crippen LogP contribution in [0.2, 0.25) is 0 Å². The Balaban J connectivity index is 1.81. The Kier molecular flexibility index (Phi) is 8.45. The monoisotopic (exact) mass is 496 g/mol. The lowest BCUT2D eigenvalue weighted by Gasteiger charge is -2.15. The molecule has 0 saturated carbocycles. The number of hydrogen-bond acceptors (Lipinski definition) is 8. The molecular formula is C26H28N2O8. The molecule has 0 heterocycles. The molecule has 0 saturated heterocycles. The zero-order valence-electron chi connectivity index (χ0n) is 20.9. The fourth-order valence-electron chi connectivity index (χ4n) is 3.51. The lowest BCUT2D eigenvalue weighted by Crippen LogP contribution is -2.14. The van der Waals surface area contributed by atoms with Crippen molar-refractivity contribution in [3.8, 4) is 34.5 Å². The number of carbonyl (C=O) groups is 2. The summed E-state index contributed by atoms with van der Waals surface area (Å²) in [5.41, 5.74) is 1.54. The zero-order valence-corrected chi connectivity index (χ0v) is 20.9. The highest BCUT2D eigenvalue weighted by atomic mass is 16.5. The molecule has 3 aromatic rings. The first-order valence-electron chi connectivity index (χ1n) is 10.7. The van der Waals surface area contributed by atoms with Crippen LogP contribution in [0.4, 0.5) is 11.4 Å². The Morgan fingerprint density at radius 1 is 0.528 bits per heavy atom. The predicted molar refractivity (Wildman–Crippen MR) is 135 cm³/mol. The Morgan fingerprint density at radius 2 is 0.861 bits per heavy atom. The van der Waals surface area contributed by atoms with Gasteiger partial charge in [-0.2, -0.15) is 0 Å². The van der Waals surface area contributed by atoms with Crippen molar-refractivity contribution in [2.45, 2.75) is 0 Å². The van der Waals surface area contributed by atoms with E-state index in [1.165, 1.54) is 42.7 Å². The number of benzene rings is 3. The van der Waals surface area contributed by atoms with Crippen LogP contribution in [0.15, 0.2) is 48.5 Å². The number of amides is 2. The maximum Gasteiger partial charge on any atom is 0.255 e. The summed E-state index contributed by atoms with van der Waals surface area (Å²) in [5, 5.41) is 5.61. The third-order valence-electron chi connectivity index (χ3n) is 5.23. The van der Waals surface area contributed by atoms with E-state index in [2.05, 4.69) is 10.6 Å². The van der Waals surface area contributed by atoms with Crippen LogP contribution in [-0.4, -0.2) is 54.5 Å². The van der Waals surface area contributed by atoms with Crippen molar-refractivity contribution in [3.05, 3.63) is 59.7 Å². The van der Waals surface area contributed by atoms with Crippen LogP contribution < -0.4 is 39.1 Å². The van der Waals surface area contributed by atoms with Gasteiger partial charge in [0.05, 0.1) is 42.7 Å². The average molecular weight is 497 g/mol. The molecule has 2 N–H and O–H groups in total. The molecule has 0 fully saturated rings. The Morgan fingerprint density at radius 3 is 1.14 bits per heavy atom. The summed E-state index contributed by atoms with van der Waals surface area (Å²) in [4.78, 5) is 25.8. The van der Waals surface area contributed by atoms with Crippen LogP contribution >= 0.6 is 0 Å². The van der Waals surface area contributed by atoms with Crippen molar-refractivity contribution < 1.29 is 38.0 Å². The number of ether oxygens (including phenoxy) is 6. The van der Waals surface area contributed by atoms with Crippen molar-refractivity contribution in [2.75, 3.05) is 53.3 Å². The van der Waals surface area contributed by atoms with Gasteiger partial charge in [-0.3, -0.25) is 9.59 Å². The van der Waals surface area contributed by atoms with Gasteiger partial charge < -0.3 is 39.1 Å². The molecule has 190 valence electrons. The number of nitrogens with one attached hydrogen (secondary N) is 2. The lowest BCUT2D eigenvalue weighted by atomic mass is 10.1. The average Bonchev–Trinajstić information content (AvgIpc) is 2.91. The van der Waals surface area contributed by atoms with Crippen LogP contribution in [0.1, 0.15) is 20.7 Å². The van der Waals surface area contributed by atoms with Gasteiger partial charge in [0.1, 0.15) is 0 Å². The Bertz CT molecular complexity index is 1120. The van der Waals surface area contributed by atoms with Crippen LogP contribution in [0.25, 0.3) is 0 Å². The van der Waals surface area contributed by atoms with E-state index in [1.54, 1.807) is 48.5 Å². The molecule has 0 aliphatic rings. The van der Waals surface area contributed by atoms with Gasteiger partial charge in [-0.15, -0.1) is 0 Å². The molecule has 10 nitrogen and oxygen atoms in total. The minimum Gasteiger partial charge on any atom is -0.493 e. The van der Waals surface area contributed by atoms with Gasteiger partial charge in [0, 0.05) is 22.5 Å². The molecule has 0 bridgehead atoms. The van der Waals surface area contributed by atoms with Crippen LogP contribution in [-0.2, 0) is 0 Å². The van der Waals surface area contributed by atoms with Crippen molar-refractivity contribution in [2.24, 2.45) is 0 Å². The van der Waals surface area contributed by atoms with Gasteiger partial charge in [-0.05, 0) is 42.5 Å². The Labute approximate surface area is 209 Å². The summed E-state index contributed by atoms with van der Waals surface area (Å²) in [7, 11) is 8.85. The third-order valence-corrected chi connectivity index (χ3v) is 5.23. The standard InChI is InChI=1S/C26H28N2O8/c1-31-19-10-15(11-20(32-2)23(19)35-5)25(29)27-17-8-7-9-18(14-17)28-26(30)16-12-21(33-3)24(36-6)22(13-16)34-4/h7-14H,1-6H3,(H,27,29)(H,28,30). The van der Waals surface area contributed by atoms with Crippen LogP contribution in [0.3, 0.4) is 0 Å². The summed E-state index contributed by atoms with van der Waals surface area (Å²) in [6.45, 7) is 0. The molecule has 0 atom stereocenters. The van der Waals surface area contributed by atoms with Gasteiger partial charge in [-0.25, -0.2) is 0 Å². The molecular weight excluding hydrogens is 468 g/mol. The predicted octanol–water partition coefficient (Wildman–Crippen LogP) is 4.24. The van der Waals surface area contributed by atoms with E-state index in [1.807, 2.05) is 0 Å². The summed E-state index contributed by atoms with van der Waals surface area (Å²) >= 11 is 0. The SMILES string of the molecule is COc1cc(C(=O)Nc2cccc(NC(=O)c3cc(OC)c(OC)c(OC)c3)c2)cc(OC)c1OC. The van der Waals surface area contributed by atoms with Gasteiger partial charge in [0.25, 0.3) is 11.8 Å². The van der Waals surface area contributed by atoms with E-state index < -0.39 is 11.8 Å².